The summed E-state index contributed by atoms with van der Waals surface area (Å²) in [6, 6.07) is 7.63. The lowest BCUT2D eigenvalue weighted by atomic mass is 9.52. The largest absolute Gasteiger partial charge is 0.346 e. The zero-order valence-corrected chi connectivity index (χ0v) is 15.4. The summed E-state index contributed by atoms with van der Waals surface area (Å²) in [5.41, 5.74) is 1.89. The van der Waals surface area contributed by atoms with Gasteiger partial charge in [-0.25, -0.2) is 0 Å². The number of nitrogens with zero attached hydrogens (tertiary/aromatic N) is 1. The monoisotopic (exact) mass is 342 g/mol. The van der Waals surface area contributed by atoms with Gasteiger partial charge in [0, 0.05) is 23.8 Å². The molecule has 0 heterocycles. The third-order valence-electron chi connectivity index (χ3n) is 6.54. The molecule has 128 valence electrons. The summed E-state index contributed by atoms with van der Waals surface area (Å²) in [7, 11) is 2.16. The van der Waals surface area contributed by atoms with Crippen molar-refractivity contribution in [3.63, 3.8) is 0 Å². The van der Waals surface area contributed by atoms with Crippen molar-refractivity contribution in [2.75, 3.05) is 12.4 Å². The second kappa shape index (κ2) is 5.83. The summed E-state index contributed by atoms with van der Waals surface area (Å²) in [6.45, 7) is 1.60. The first-order valence-corrected chi connectivity index (χ1v) is 9.52. The molecule has 0 saturated heterocycles. The molecule has 24 heavy (non-hydrogen) atoms. The molecule has 4 saturated carbocycles. The minimum absolute atomic E-state index is 0.0824. The Morgan fingerprint density at radius 3 is 2.29 bits per heavy atom. The zero-order chi connectivity index (χ0) is 16.9. The van der Waals surface area contributed by atoms with Gasteiger partial charge < -0.3 is 10.2 Å². The fraction of sp³-hybridized carbons (Fsp3) is 0.600. The van der Waals surface area contributed by atoms with Gasteiger partial charge in [0.05, 0.1) is 0 Å². The van der Waals surface area contributed by atoms with E-state index in [9.17, 15) is 4.79 Å². The van der Waals surface area contributed by atoms with E-state index in [1.54, 1.807) is 6.92 Å². The van der Waals surface area contributed by atoms with Crippen molar-refractivity contribution >= 4 is 28.8 Å². The van der Waals surface area contributed by atoms with Gasteiger partial charge in [-0.2, -0.15) is 0 Å². The molecule has 1 aromatic carbocycles. The number of anilines is 1. The van der Waals surface area contributed by atoms with Crippen LogP contribution >= 0.6 is 12.2 Å². The van der Waals surface area contributed by atoms with Gasteiger partial charge in [-0.05, 0) is 87.6 Å². The van der Waals surface area contributed by atoms with Gasteiger partial charge in [-0.15, -0.1) is 0 Å². The van der Waals surface area contributed by atoms with Gasteiger partial charge in [-0.1, -0.05) is 12.1 Å². The van der Waals surface area contributed by atoms with Crippen LogP contribution in [0.25, 0.3) is 0 Å². The topological polar surface area (TPSA) is 32.3 Å². The fourth-order valence-corrected chi connectivity index (χ4v) is 6.03. The average molecular weight is 343 g/mol. The van der Waals surface area contributed by atoms with Crippen molar-refractivity contribution in [3.05, 3.63) is 29.8 Å². The van der Waals surface area contributed by atoms with Gasteiger partial charge in [-0.3, -0.25) is 4.79 Å². The summed E-state index contributed by atoms with van der Waals surface area (Å²) in [4.78, 5) is 13.9. The minimum atomic E-state index is 0.0824. The van der Waals surface area contributed by atoms with Crippen LogP contribution < -0.4 is 5.32 Å². The Kier molecular flexibility index (Phi) is 3.91. The van der Waals surface area contributed by atoms with Crippen molar-refractivity contribution in [2.24, 2.45) is 17.8 Å². The van der Waals surface area contributed by atoms with Gasteiger partial charge in [0.2, 0.25) is 0 Å². The summed E-state index contributed by atoms with van der Waals surface area (Å²) < 4.78 is 0. The van der Waals surface area contributed by atoms with Crippen LogP contribution in [-0.2, 0) is 0 Å². The Morgan fingerprint density at radius 1 is 1.17 bits per heavy atom. The first-order chi connectivity index (χ1) is 11.4. The van der Waals surface area contributed by atoms with E-state index < -0.39 is 0 Å². The van der Waals surface area contributed by atoms with E-state index in [1.807, 2.05) is 24.3 Å². The molecule has 4 heteroatoms. The number of Topliss-reactive ketones (excluding diaryl/α,β-unsaturated/α-hetero) is 1. The van der Waals surface area contributed by atoms with Crippen LogP contribution in [0.15, 0.2) is 24.3 Å². The molecule has 0 amide bonds. The van der Waals surface area contributed by atoms with E-state index in [0.29, 0.717) is 0 Å². The number of carbonyl (C=O) groups excluding carboxylic acids is 1. The lowest BCUT2D eigenvalue weighted by Crippen LogP contribution is -2.60. The van der Waals surface area contributed by atoms with Crippen LogP contribution in [-0.4, -0.2) is 28.4 Å². The molecule has 1 aromatic rings. The number of hydrogen-bond acceptors (Lipinski definition) is 2. The Morgan fingerprint density at radius 2 is 1.75 bits per heavy atom. The highest BCUT2D eigenvalue weighted by Gasteiger charge is 2.53. The highest BCUT2D eigenvalue weighted by Crippen LogP contribution is 2.57. The molecule has 4 fully saturated rings. The second-order valence-corrected chi connectivity index (χ2v) is 8.65. The molecule has 0 radical (unpaired) electrons. The average Bonchev–Trinajstić information content (AvgIpc) is 2.53. The zero-order valence-electron chi connectivity index (χ0n) is 14.5. The normalized spacial score (nSPS) is 33.3. The number of benzene rings is 1. The van der Waals surface area contributed by atoms with Crippen molar-refractivity contribution in [3.8, 4) is 0 Å². The van der Waals surface area contributed by atoms with Crippen LogP contribution in [0, 0.1) is 17.8 Å². The maximum atomic E-state index is 11.6. The van der Waals surface area contributed by atoms with Gasteiger partial charge in [0.15, 0.2) is 10.9 Å². The van der Waals surface area contributed by atoms with Crippen LogP contribution in [0.2, 0.25) is 0 Å². The minimum Gasteiger partial charge on any atom is -0.346 e. The molecule has 0 unspecified atom stereocenters. The van der Waals surface area contributed by atoms with Gasteiger partial charge in [0.25, 0.3) is 0 Å². The quantitative estimate of drug-likeness (QED) is 0.648. The van der Waals surface area contributed by atoms with Crippen molar-refractivity contribution < 1.29 is 4.79 Å². The molecular formula is C20H26N2OS. The van der Waals surface area contributed by atoms with Gasteiger partial charge in [0.1, 0.15) is 0 Å². The maximum absolute atomic E-state index is 11.6. The predicted molar refractivity (Wildman–Crippen MR) is 101 cm³/mol. The first-order valence-electron chi connectivity index (χ1n) is 9.11. The molecular weight excluding hydrogens is 316 g/mol. The fourth-order valence-electron chi connectivity index (χ4n) is 5.71. The molecule has 0 aliphatic heterocycles. The summed E-state index contributed by atoms with van der Waals surface area (Å²) in [6.07, 6.45) is 8.20. The summed E-state index contributed by atoms with van der Waals surface area (Å²) in [5.74, 6) is 2.80. The number of hydrogen-bond donors (Lipinski definition) is 1. The Labute approximate surface area is 149 Å². The lowest BCUT2D eigenvalue weighted by Gasteiger charge is -2.60. The second-order valence-electron chi connectivity index (χ2n) is 8.27. The van der Waals surface area contributed by atoms with Crippen molar-refractivity contribution in [1.82, 2.24) is 4.90 Å². The van der Waals surface area contributed by atoms with Crippen molar-refractivity contribution in [2.45, 2.75) is 51.0 Å². The molecule has 4 bridgehead atoms. The van der Waals surface area contributed by atoms with Crippen LogP contribution in [0.5, 0.6) is 0 Å². The number of rotatable bonds is 3. The van der Waals surface area contributed by atoms with Crippen LogP contribution in [0.4, 0.5) is 5.69 Å². The molecule has 4 aliphatic rings. The summed E-state index contributed by atoms with van der Waals surface area (Å²) >= 11 is 5.73. The molecule has 0 atom stereocenters. The molecule has 0 aromatic heterocycles. The predicted octanol–water partition coefficient (Wildman–Crippen LogP) is 4.49. The lowest BCUT2D eigenvalue weighted by molar-refractivity contribution is -0.0538. The standard InChI is InChI=1S/C20H26N2OS/c1-13(23)17-4-3-5-18(9-17)21-19(24)22(2)20-10-14-6-15(11-20)8-16(7-14)12-20/h3-5,9,14-16H,6-8,10-12H2,1-2H3,(H,21,24). The van der Waals surface area contributed by atoms with E-state index in [2.05, 4.69) is 17.3 Å². The molecule has 0 spiro atoms. The molecule has 1 N–H and O–H groups in total. The highest BCUT2D eigenvalue weighted by atomic mass is 32.1. The highest BCUT2D eigenvalue weighted by molar-refractivity contribution is 7.80. The molecule has 5 rings (SSSR count). The van der Waals surface area contributed by atoms with E-state index in [0.717, 1.165) is 34.1 Å². The third-order valence-corrected chi connectivity index (χ3v) is 6.92. The Hall–Kier alpha value is -1.42. The maximum Gasteiger partial charge on any atom is 0.173 e. The number of ketones is 1. The van der Waals surface area contributed by atoms with E-state index >= 15 is 0 Å². The van der Waals surface area contributed by atoms with E-state index in [4.69, 9.17) is 12.2 Å². The van der Waals surface area contributed by atoms with Gasteiger partial charge >= 0.3 is 0 Å². The SMILES string of the molecule is CC(=O)c1cccc(NC(=S)N(C)C23CC4CC(CC(C4)C2)C3)c1. The van der Waals surface area contributed by atoms with Crippen molar-refractivity contribution in [1.29, 1.82) is 0 Å². The van der Waals surface area contributed by atoms with E-state index in [-0.39, 0.29) is 11.3 Å². The number of carbonyl (C=O) groups is 1. The first kappa shape index (κ1) is 16.1. The third kappa shape index (κ3) is 2.75. The Bertz CT molecular complexity index is 649. The van der Waals surface area contributed by atoms with E-state index in [1.165, 1.54) is 38.5 Å². The Balaban J connectivity index is 1.50. The van der Waals surface area contributed by atoms with Crippen LogP contribution in [0.3, 0.4) is 0 Å². The smallest absolute Gasteiger partial charge is 0.173 e. The van der Waals surface area contributed by atoms with Crippen LogP contribution in [0.1, 0.15) is 55.8 Å². The molecule has 3 nitrogen and oxygen atoms in total. The number of thiocarbonyl (C=S) groups is 1. The number of nitrogens with one attached hydrogen (secondary N) is 1. The summed E-state index contributed by atoms with van der Waals surface area (Å²) in [5, 5.41) is 4.16. The molecule has 4 aliphatic carbocycles.